The lowest BCUT2D eigenvalue weighted by Gasteiger charge is -2.13. The van der Waals surface area contributed by atoms with Crippen LogP contribution in [0.5, 0.6) is 17.2 Å². The van der Waals surface area contributed by atoms with Gasteiger partial charge in [-0.3, -0.25) is 9.59 Å². The van der Waals surface area contributed by atoms with E-state index in [9.17, 15) is 19.2 Å². The standard InChI is InChI=1S/C24H24BrN3O8/c1-4-35-22(30)13-36-20-11-15(25)14(10-19(20)34-3)9-17-23(31)28(24(32)27-17)12-21(29)26-16-7-5-6-8-18(16)33-2/h5-11H,4,12-13H2,1-3H3,(H,26,29)(H,27,32)/b17-9+. The summed E-state index contributed by atoms with van der Waals surface area (Å²) in [6.45, 7) is 1.12. The number of carbonyl (C=O) groups excluding carboxylic acids is 4. The van der Waals surface area contributed by atoms with Gasteiger partial charge in [-0.2, -0.15) is 0 Å². The van der Waals surface area contributed by atoms with Crippen molar-refractivity contribution in [1.82, 2.24) is 10.2 Å². The van der Waals surface area contributed by atoms with Gasteiger partial charge >= 0.3 is 12.0 Å². The summed E-state index contributed by atoms with van der Waals surface area (Å²) in [6, 6.07) is 9.15. The minimum atomic E-state index is -0.737. The summed E-state index contributed by atoms with van der Waals surface area (Å²) in [7, 11) is 2.88. The Balaban J connectivity index is 1.74. The molecule has 190 valence electrons. The second kappa shape index (κ2) is 12.1. The molecule has 1 heterocycles. The first-order chi connectivity index (χ1) is 17.3. The summed E-state index contributed by atoms with van der Waals surface area (Å²) in [5.41, 5.74) is 0.862. The third-order valence-corrected chi connectivity index (χ3v) is 5.57. The lowest BCUT2D eigenvalue weighted by atomic mass is 10.1. The maximum atomic E-state index is 12.9. The number of hydrogen-bond acceptors (Lipinski definition) is 8. The average Bonchev–Trinajstić information content (AvgIpc) is 3.11. The molecule has 4 amide bonds. The number of anilines is 1. The van der Waals surface area contributed by atoms with E-state index in [1.807, 2.05) is 0 Å². The van der Waals surface area contributed by atoms with Gasteiger partial charge in [0.15, 0.2) is 18.1 Å². The molecule has 2 N–H and O–H groups in total. The van der Waals surface area contributed by atoms with Crippen LogP contribution in [0.2, 0.25) is 0 Å². The van der Waals surface area contributed by atoms with Crippen LogP contribution in [-0.2, 0) is 19.1 Å². The normalized spacial score (nSPS) is 13.9. The molecule has 12 heteroatoms. The number of amides is 4. The van der Waals surface area contributed by atoms with Crippen molar-refractivity contribution in [3.05, 3.63) is 52.1 Å². The lowest BCUT2D eigenvalue weighted by molar-refractivity contribution is -0.145. The molecule has 1 fully saturated rings. The Kier molecular flexibility index (Phi) is 8.90. The maximum absolute atomic E-state index is 12.9. The van der Waals surface area contributed by atoms with Gasteiger partial charge in [0.25, 0.3) is 5.91 Å². The highest BCUT2D eigenvalue weighted by Gasteiger charge is 2.35. The monoisotopic (exact) mass is 561 g/mol. The Labute approximate surface area is 215 Å². The van der Waals surface area contributed by atoms with Crippen LogP contribution in [0.25, 0.3) is 6.08 Å². The van der Waals surface area contributed by atoms with E-state index in [-0.39, 0.29) is 24.7 Å². The Morgan fingerprint density at radius 2 is 1.81 bits per heavy atom. The second-order valence-corrected chi connectivity index (χ2v) is 8.10. The molecule has 1 aliphatic rings. The molecule has 0 saturated carbocycles. The van der Waals surface area contributed by atoms with Gasteiger partial charge in [-0.05, 0) is 42.8 Å². The van der Waals surface area contributed by atoms with Gasteiger partial charge in [-0.25, -0.2) is 14.5 Å². The maximum Gasteiger partial charge on any atom is 0.344 e. The summed E-state index contributed by atoms with van der Waals surface area (Å²) < 4.78 is 21.3. The van der Waals surface area contributed by atoms with Crippen molar-refractivity contribution in [3.8, 4) is 17.2 Å². The number of carbonyl (C=O) groups is 4. The molecule has 36 heavy (non-hydrogen) atoms. The molecule has 0 aliphatic carbocycles. The van der Waals surface area contributed by atoms with Crippen molar-refractivity contribution in [1.29, 1.82) is 0 Å². The lowest BCUT2D eigenvalue weighted by Crippen LogP contribution is -2.38. The number of rotatable bonds is 10. The molecule has 11 nitrogen and oxygen atoms in total. The van der Waals surface area contributed by atoms with Crippen molar-refractivity contribution in [2.45, 2.75) is 6.92 Å². The van der Waals surface area contributed by atoms with Crippen LogP contribution in [0, 0.1) is 0 Å². The van der Waals surface area contributed by atoms with Gasteiger partial charge < -0.3 is 29.6 Å². The van der Waals surface area contributed by atoms with Crippen molar-refractivity contribution >= 4 is 51.5 Å². The molecular weight excluding hydrogens is 538 g/mol. The minimum absolute atomic E-state index is 0.0342. The van der Waals surface area contributed by atoms with E-state index < -0.39 is 30.4 Å². The number of benzene rings is 2. The second-order valence-electron chi connectivity index (χ2n) is 7.25. The van der Waals surface area contributed by atoms with Crippen LogP contribution in [-0.4, -0.2) is 62.7 Å². The van der Waals surface area contributed by atoms with E-state index >= 15 is 0 Å². The number of ether oxygens (including phenoxy) is 4. The Morgan fingerprint density at radius 1 is 1.08 bits per heavy atom. The minimum Gasteiger partial charge on any atom is -0.495 e. The van der Waals surface area contributed by atoms with Crippen LogP contribution in [0.4, 0.5) is 10.5 Å². The third-order valence-electron chi connectivity index (χ3n) is 4.88. The van der Waals surface area contributed by atoms with Gasteiger partial charge in [0.2, 0.25) is 5.91 Å². The zero-order chi connectivity index (χ0) is 26.2. The number of urea groups is 1. The molecule has 1 saturated heterocycles. The highest BCUT2D eigenvalue weighted by molar-refractivity contribution is 9.10. The Hall–Kier alpha value is -4.06. The molecule has 0 atom stereocenters. The zero-order valence-corrected chi connectivity index (χ0v) is 21.3. The summed E-state index contributed by atoms with van der Waals surface area (Å²) in [6.07, 6.45) is 1.43. The number of para-hydroxylation sites is 2. The third kappa shape index (κ3) is 6.33. The number of imide groups is 1. The molecule has 0 unspecified atom stereocenters. The van der Waals surface area contributed by atoms with E-state index in [0.717, 1.165) is 4.90 Å². The number of hydrogen-bond donors (Lipinski definition) is 2. The molecule has 1 aliphatic heterocycles. The fraction of sp³-hybridized carbons (Fsp3) is 0.250. The van der Waals surface area contributed by atoms with Gasteiger partial charge in [0.1, 0.15) is 18.0 Å². The molecule has 0 bridgehead atoms. The predicted molar refractivity (Wildman–Crippen MR) is 133 cm³/mol. The number of methoxy groups -OCH3 is 2. The van der Waals surface area contributed by atoms with Gasteiger partial charge in [-0.15, -0.1) is 0 Å². The Morgan fingerprint density at radius 3 is 2.50 bits per heavy atom. The Bertz CT molecular complexity index is 1210. The van der Waals surface area contributed by atoms with Crippen LogP contribution in [0.15, 0.2) is 46.6 Å². The highest BCUT2D eigenvalue weighted by atomic mass is 79.9. The first-order valence-corrected chi connectivity index (χ1v) is 11.5. The molecule has 0 radical (unpaired) electrons. The average molecular weight is 562 g/mol. The van der Waals surface area contributed by atoms with Gasteiger partial charge in [-0.1, -0.05) is 28.1 Å². The fourth-order valence-corrected chi connectivity index (χ4v) is 3.66. The van der Waals surface area contributed by atoms with E-state index in [4.69, 9.17) is 18.9 Å². The number of nitrogens with one attached hydrogen (secondary N) is 2. The first kappa shape index (κ1) is 26.5. The van der Waals surface area contributed by atoms with Crippen molar-refractivity contribution in [2.75, 3.05) is 39.3 Å². The molecular formula is C24H24BrN3O8. The summed E-state index contributed by atoms with van der Waals surface area (Å²) in [5.74, 6) is -0.776. The fourth-order valence-electron chi connectivity index (χ4n) is 3.23. The molecule has 0 spiro atoms. The largest absolute Gasteiger partial charge is 0.495 e. The molecule has 3 rings (SSSR count). The van der Waals surface area contributed by atoms with Crippen molar-refractivity contribution in [3.63, 3.8) is 0 Å². The number of nitrogens with zero attached hydrogens (tertiary/aromatic N) is 1. The quantitative estimate of drug-likeness (QED) is 0.257. The summed E-state index contributed by atoms with van der Waals surface area (Å²) >= 11 is 3.39. The van der Waals surface area contributed by atoms with Crippen LogP contribution in [0.3, 0.4) is 0 Å². The summed E-state index contributed by atoms with van der Waals surface area (Å²) in [4.78, 5) is 50.1. The first-order valence-electron chi connectivity index (χ1n) is 10.7. The number of esters is 1. The van der Waals surface area contributed by atoms with Crippen LogP contribution in [0.1, 0.15) is 12.5 Å². The summed E-state index contributed by atoms with van der Waals surface area (Å²) in [5, 5.41) is 5.09. The molecule has 2 aromatic rings. The SMILES string of the molecule is CCOC(=O)COc1cc(Br)c(/C=C2/NC(=O)N(CC(=O)Nc3ccccc3OC)C2=O)cc1OC. The molecule has 0 aromatic heterocycles. The van der Waals surface area contributed by atoms with Crippen LogP contribution < -0.4 is 24.8 Å². The van der Waals surface area contributed by atoms with Gasteiger partial charge in [0.05, 0.1) is 26.5 Å². The van der Waals surface area contributed by atoms with E-state index in [1.165, 1.54) is 20.3 Å². The van der Waals surface area contributed by atoms with Crippen LogP contribution >= 0.6 is 15.9 Å². The smallest absolute Gasteiger partial charge is 0.344 e. The molecule has 2 aromatic carbocycles. The van der Waals surface area contributed by atoms with E-state index in [2.05, 4.69) is 26.6 Å². The van der Waals surface area contributed by atoms with Crippen molar-refractivity contribution in [2.24, 2.45) is 0 Å². The topological polar surface area (TPSA) is 132 Å². The predicted octanol–water partition coefficient (Wildman–Crippen LogP) is 2.94. The van der Waals surface area contributed by atoms with E-state index in [1.54, 1.807) is 43.3 Å². The number of halogens is 1. The van der Waals surface area contributed by atoms with Crippen molar-refractivity contribution < 1.29 is 38.1 Å². The van der Waals surface area contributed by atoms with Gasteiger partial charge in [0, 0.05) is 4.47 Å². The zero-order valence-electron chi connectivity index (χ0n) is 19.8. The van der Waals surface area contributed by atoms with E-state index in [0.29, 0.717) is 27.2 Å². The highest BCUT2D eigenvalue weighted by Crippen LogP contribution is 2.35.